The average Bonchev–Trinajstić information content (AvgIpc) is 3.17. The van der Waals surface area contributed by atoms with Crippen molar-refractivity contribution in [1.82, 2.24) is 5.32 Å². The summed E-state index contributed by atoms with van der Waals surface area (Å²) >= 11 is 1.47. The molecule has 0 fully saturated rings. The van der Waals surface area contributed by atoms with Crippen LogP contribution < -0.4 is 20.1 Å². The van der Waals surface area contributed by atoms with Crippen molar-refractivity contribution < 1.29 is 28.6 Å². The molecule has 0 saturated carbocycles. The molecule has 2 N–H and O–H groups in total. The lowest BCUT2D eigenvalue weighted by molar-refractivity contribution is -0.123. The summed E-state index contributed by atoms with van der Waals surface area (Å²) in [4.78, 5) is 37.3. The molecule has 0 radical (unpaired) electrons. The Kier molecular flexibility index (Phi) is 5.08. The Morgan fingerprint density at radius 1 is 1.15 bits per heavy atom. The number of benzene rings is 1. The molecular weight excluding hydrogens is 360 g/mol. The number of imide groups is 1. The highest BCUT2D eigenvalue weighted by Gasteiger charge is 2.17. The van der Waals surface area contributed by atoms with E-state index >= 15 is 0 Å². The van der Waals surface area contributed by atoms with Crippen molar-refractivity contribution in [2.24, 2.45) is 0 Å². The lowest BCUT2D eigenvalue weighted by Crippen LogP contribution is -2.37. The Morgan fingerprint density at radius 2 is 1.92 bits per heavy atom. The first-order valence-electron chi connectivity index (χ1n) is 7.67. The van der Waals surface area contributed by atoms with E-state index in [2.05, 4.69) is 10.6 Å². The van der Waals surface area contributed by atoms with Gasteiger partial charge in [0.05, 0.1) is 5.56 Å². The Hall–Kier alpha value is -3.07. The zero-order valence-electron chi connectivity index (χ0n) is 14.1. The molecule has 0 bridgehead atoms. The SMILES string of the molecule is Cc1cc(C(=O)OCC(=O)NC(=O)Nc2ccc3c(c2)OCO3)c(C)s1. The van der Waals surface area contributed by atoms with Crippen LogP contribution in [-0.4, -0.2) is 31.3 Å². The van der Waals surface area contributed by atoms with E-state index in [-0.39, 0.29) is 6.79 Å². The van der Waals surface area contributed by atoms with Crippen LogP contribution in [0.1, 0.15) is 20.1 Å². The van der Waals surface area contributed by atoms with E-state index in [1.807, 2.05) is 6.92 Å². The first-order valence-corrected chi connectivity index (χ1v) is 8.48. The van der Waals surface area contributed by atoms with Crippen LogP contribution in [0.3, 0.4) is 0 Å². The minimum absolute atomic E-state index is 0.123. The molecule has 3 amide bonds. The summed E-state index contributed by atoms with van der Waals surface area (Å²) in [6.07, 6.45) is 0. The molecule has 1 aliphatic heterocycles. The van der Waals surface area contributed by atoms with Gasteiger partial charge in [-0.05, 0) is 32.0 Å². The van der Waals surface area contributed by atoms with Gasteiger partial charge in [-0.3, -0.25) is 10.1 Å². The minimum atomic E-state index is -0.743. The fraction of sp³-hybridized carbons (Fsp3) is 0.235. The molecule has 0 unspecified atom stereocenters. The maximum Gasteiger partial charge on any atom is 0.339 e. The number of nitrogens with one attached hydrogen (secondary N) is 2. The van der Waals surface area contributed by atoms with Crippen molar-refractivity contribution in [3.05, 3.63) is 39.6 Å². The van der Waals surface area contributed by atoms with E-state index in [9.17, 15) is 14.4 Å². The fourth-order valence-electron chi connectivity index (χ4n) is 2.34. The molecule has 1 aliphatic rings. The molecule has 26 heavy (non-hydrogen) atoms. The van der Waals surface area contributed by atoms with E-state index in [0.29, 0.717) is 22.7 Å². The number of ether oxygens (including phenoxy) is 3. The lowest BCUT2D eigenvalue weighted by Gasteiger charge is -2.08. The molecule has 0 aliphatic carbocycles. The molecule has 9 heteroatoms. The van der Waals surface area contributed by atoms with Crippen molar-refractivity contribution in [3.8, 4) is 11.5 Å². The van der Waals surface area contributed by atoms with E-state index in [4.69, 9.17) is 14.2 Å². The second kappa shape index (κ2) is 7.44. The van der Waals surface area contributed by atoms with Gasteiger partial charge in [0, 0.05) is 21.5 Å². The summed E-state index contributed by atoms with van der Waals surface area (Å²) in [5.41, 5.74) is 0.853. The topological polar surface area (TPSA) is 103 Å². The van der Waals surface area contributed by atoms with Crippen LogP contribution in [0.25, 0.3) is 0 Å². The number of hydrogen-bond donors (Lipinski definition) is 2. The highest BCUT2D eigenvalue weighted by atomic mass is 32.1. The van der Waals surface area contributed by atoms with Gasteiger partial charge in [0.25, 0.3) is 5.91 Å². The number of amides is 3. The Morgan fingerprint density at radius 3 is 2.65 bits per heavy atom. The molecular formula is C17H16N2O6S. The minimum Gasteiger partial charge on any atom is -0.454 e. The quantitative estimate of drug-likeness (QED) is 0.795. The number of anilines is 1. The van der Waals surface area contributed by atoms with E-state index in [1.165, 1.54) is 11.3 Å². The second-order valence-electron chi connectivity index (χ2n) is 5.47. The molecule has 2 heterocycles. The molecule has 1 aromatic carbocycles. The highest BCUT2D eigenvalue weighted by Crippen LogP contribution is 2.34. The molecule has 8 nitrogen and oxygen atoms in total. The van der Waals surface area contributed by atoms with Gasteiger partial charge in [0.1, 0.15) is 0 Å². The van der Waals surface area contributed by atoms with E-state index in [1.54, 1.807) is 31.2 Å². The van der Waals surface area contributed by atoms with Crippen molar-refractivity contribution in [2.75, 3.05) is 18.7 Å². The third-order valence-corrected chi connectivity index (χ3v) is 4.44. The van der Waals surface area contributed by atoms with E-state index in [0.717, 1.165) is 9.75 Å². The van der Waals surface area contributed by atoms with Gasteiger partial charge in [-0.1, -0.05) is 0 Å². The smallest absolute Gasteiger partial charge is 0.339 e. The monoisotopic (exact) mass is 376 g/mol. The van der Waals surface area contributed by atoms with Crippen molar-refractivity contribution in [3.63, 3.8) is 0 Å². The summed E-state index contributed by atoms with van der Waals surface area (Å²) in [6.45, 7) is 3.24. The summed E-state index contributed by atoms with van der Waals surface area (Å²) in [7, 11) is 0. The van der Waals surface area contributed by atoms with Crippen LogP contribution in [0.2, 0.25) is 0 Å². The predicted octanol–water partition coefficient (Wildman–Crippen LogP) is 2.60. The first kappa shape index (κ1) is 17.7. The van der Waals surface area contributed by atoms with Gasteiger partial charge in [0.2, 0.25) is 6.79 Å². The van der Waals surface area contributed by atoms with Gasteiger partial charge in [-0.25, -0.2) is 9.59 Å². The van der Waals surface area contributed by atoms with Gasteiger partial charge < -0.3 is 19.5 Å². The lowest BCUT2D eigenvalue weighted by atomic mass is 10.2. The number of carbonyl (C=O) groups excluding carboxylic acids is 3. The van der Waals surface area contributed by atoms with Crippen molar-refractivity contribution in [2.45, 2.75) is 13.8 Å². The number of urea groups is 1. The van der Waals surface area contributed by atoms with Crippen LogP contribution in [0.4, 0.5) is 10.5 Å². The van der Waals surface area contributed by atoms with Crippen LogP contribution in [0.15, 0.2) is 24.3 Å². The zero-order chi connectivity index (χ0) is 18.7. The summed E-state index contributed by atoms with van der Waals surface area (Å²) in [5, 5.41) is 4.58. The van der Waals surface area contributed by atoms with Crippen molar-refractivity contribution >= 4 is 34.9 Å². The van der Waals surface area contributed by atoms with Crippen molar-refractivity contribution in [1.29, 1.82) is 0 Å². The number of fused-ring (bicyclic) bond motifs is 1. The largest absolute Gasteiger partial charge is 0.454 e. The molecule has 0 saturated heterocycles. The number of thiophene rings is 1. The third kappa shape index (κ3) is 4.12. The van der Waals surface area contributed by atoms with Crippen LogP contribution in [-0.2, 0) is 9.53 Å². The summed E-state index contributed by atoms with van der Waals surface area (Å²) < 4.78 is 15.3. The van der Waals surface area contributed by atoms with Crippen LogP contribution in [0.5, 0.6) is 11.5 Å². The summed E-state index contributed by atoms with van der Waals surface area (Å²) in [5.74, 6) is -0.248. The number of carbonyl (C=O) groups is 3. The maximum atomic E-state index is 11.9. The van der Waals surface area contributed by atoms with Crippen LogP contribution >= 0.6 is 11.3 Å². The van der Waals surface area contributed by atoms with Crippen LogP contribution in [0, 0.1) is 13.8 Å². The number of rotatable bonds is 4. The average molecular weight is 376 g/mol. The number of hydrogen-bond acceptors (Lipinski definition) is 7. The Balaban J connectivity index is 1.48. The first-order chi connectivity index (χ1) is 12.4. The van der Waals surface area contributed by atoms with Gasteiger partial charge in [0.15, 0.2) is 18.1 Å². The Labute approximate surface area is 153 Å². The fourth-order valence-corrected chi connectivity index (χ4v) is 3.25. The predicted molar refractivity (Wildman–Crippen MR) is 93.8 cm³/mol. The molecule has 3 rings (SSSR count). The summed E-state index contributed by atoms with van der Waals surface area (Å²) in [6, 6.07) is 5.79. The second-order valence-corrected chi connectivity index (χ2v) is 6.93. The van der Waals surface area contributed by atoms with E-state index < -0.39 is 24.5 Å². The molecule has 0 atom stereocenters. The highest BCUT2D eigenvalue weighted by molar-refractivity contribution is 7.12. The normalized spacial score (nSPS) is 11.8. The molecule has 1 aromatic heterocycles. The third-order valence-electron chi connectivity index (χ3n) is 3.48. The Bertz CT molecular complexity index is 876. The molecule has 0 spiro atoms. The zero-order valence-corrected chi connectivity index (χ0v) is 14.9. The van der Waals surface area contributed by atoms with Gasteiger partial charge in [-0.2, -0.15) is 0 Å². The number of esters is 1. The molecule has 136 valence electrons. The standard InChI is InChI=1S/C17H16N2O6S/c1-9-5-12(10(2)26-9)16(21)23-7-15(20)19-17(22)18-11-3-4-13-14(6-11)25-8-24-13/h3-6H,7-8H2,1-2H3,(H2,18,19,20,22). The maximum absolute atomic E-state index is 11.9. The van der Waals surface area contributed by atoms with Gasteiger partial charge in [-0.15, -0.1) is 11.3 Å². The number of aryl methyl sites for hydroxylation is 2. The van der Waals surface area contributed by atoms with Gasteiger partial charge >= 0.3 is 12.0 Å². The molecule has 2 aromatic rings.